The Morgan fingerprint density at radius 2 is 1.73 bits per heavy atom. The Morgan fingerprint density at radius 3 is 2.13 bits per heavy atom. The number of rotatable bonds is 4. The fraction of sp³-hybridized carbons (Fsp3) is 0.818. The van der Waals surface area contributed by atoms with E-state index in [1.807, 2.05) is 0 Å². The summed E-state index contributed by atoms with van der Waals surface area (Å²) >= 11 is 0. The maximum Gasteiger partial charge on any atom is 0.310 e. The van der Waals surface area contributed by atoms with E-state index in [4.69, 9.17) is 5.11 Å². The predicted octanol–water partition coefficient (Wildman–Crippen LogP) is 2.13. The third kappa shape index (κ3) is 2.70. The van der Waals surface area contributed by atoms with Crippen molar-refractivity contribution in [2.45, 2.75) is 45.4 Å². The molecular weight excluding hydrogens is 196 g/mol. The van der Waals surface area contributed by atoms with Gasteiger partial charge >= 0.3 is 11.9 Å². The topological polar surface area (TPSA) is 74.6 Å². The summed E-state index contributed by atoms with van der Waals surface area (Å²) in [5, 5.41) is 17.9. The summed E-state index contributed by atoms with van der Waals surface area (Å²) in [5.74, 6) is -1.98. The lowest BCUT2D eigenvalue weighted by Crippen LogP contribution is -2.39. The van der Waals surface area contributed by atoms with E-state index in [9.17, 15) is 14.7 Å². The molecule has 1 aliphatic rings. The van der Waals surface area contributed by atoms with Gasteiger partial charge in [-0.3, -0.25) is 9.59 Å². The molecule has 15 heavy (non-hydrogen) atoms. The summed E-state index contributed by atoms with van der Waals surface area (Å²) in [6.07, 6.45) is 4.60. The first kappa shape index (κ1) is 12.0. The number of hydrogen-bond acceptors (Lipinski definition) is 2. The molecule has 1 atom stereocenters. The van der Waals surface area contributed by atoms with E-state index < -0.39 is 17.4 Å². The van der Waals surface area contributed by atoms with E-state index >= 15 is 0 Å². The molecule has 0 aromatic rings. The van der Waals surface area contributed by atoms with Gasteiger partial charge in [0.2, 0.25) is 0 Å². The molecule has 0 saturated heterocycles. The summed E-state index contributed by atoms with van der Waals surface area (Å²) in [7, 11) is 0. The van der Waals surface area contributed by atoms with Crippen LogP contribution in [0.5, 0.6) is 0 Å². The van der Waals surface area contributed by atoms with Crippen LogP contribution in [0.25, 0.3) is 0 Å². The molecule has 0 spiro atoms. The predicted molar refractivity (Wildman–Crippen MR) is 54.6 cm³/mol. The minimum Gasteiger partial charge on any atom is -0.481 e. The molecule has 1 saturated carbocycles. The molecule has 0 aliphatic heterocycles. The molecule has 0 amide bonds. The maximum absolute atomic E-state index is 11.2. The van der Waals surface area contributed by atoms with Crippen LogP contribution in [0.15, 0.2) is 0 Å². The van der Waals surface area contributed by atoms with Crippen LogP contribution < -0.4 is 0 Å². The number of aliphatic carboxylic acids is 2. The summed E-state index contributed by atoms with van der Waals surface area (Å²) < 4.78 is 0. The molecule has 1 rings (SSSR count). The third-order valence-corrected chi connectivity index (χ3v) is 3.51. The third-order valence-electron chi connectivity index (χ3n) is 3.51. The van der Waals surface area contributed by atoms with Crippen molar-refractivity contribution < 1.29 is 19.8 Å². The summed E-state index contributed by atoms with van der Waals surface area (Å²) in [5.41, 5.74) is -1.09. The van der Waals surface area contributed by atoms with Gasteiger partial charge in [0.1, 0.15) is 0 Å². The van der Waals surface area contributed by atoms with Crippen molar-refractivity contribution in [3.8, 4) is 0 Å². The summed E-state index contributed by atoms with van der Waals surface area (Å²) in [6, 6.07) is 0. The fourth-order valence-corrected chi connectivity index (χ4v) is 2.45. The van der Waals surface area contributed by atoms with Crippen molar-refractivity contribution in [3.05, 3.63) is 0 Å². The van der Waals surface area contributed by atoms with Crippen molar-refractivity contribution in [3.63, 3.8) is 0 Å². The van der Waals surface area contributed by atoms with Crippen LogP contribution >= 0.6 is 0 Å². The number of carboxylic acids is 2. The average Bonchev–Trinajstić information content (AvgIpc) is 2.17. The Balaban J connectivity index is 2.78. The smallest absolute Gasteiger partial charge is 0.310 e. The van der Waals surface area contributed by atoms with Gasteiger partial charge in [0.25, 0.3) is 0 Å². The number of hydrogen-bond donors (Lipinski definition) is 2. The summed E-state index contributed by atoms with van der Waals surface area (Å²) in [6.45, 7) is 1.57. The molecule has 1 fully saturated rings. The van der Waals surface area contributed by atoms with Crippen LogP contribution in [-0.4, -0.2) is 22.2 Å². The highest BCUT2D eigenvalue weighted by Gasteiger charge is 2.43. The number of carboxylic acid groups (broad SMARTS) is 2. The van der Waals surface area contributed by atoms with Gasteiger partial charge in [0.05, 0.1) is 11.8 Å². The molecule has 1 unspecified atom stereocenters. The molecule has 86 valence electrons. The van der Waals surface area contributed by atoms with Crippen molar-refractivity contribution in [1.82, 2.24) is 0 Å². The van der Waals surface area contributed by atoms with Gasteiger partial charge in [-0.25, -0.2) is 0 Å². The lowest BCUT2D eigenvalue weighted by Gasteiger charge is -2.35. The van der Waals surface area contributed by atoms with Crippen LogP contribution in [0.4, 0.5) is 0 Å². The minimum absolute atomic E-state index is 0.0137. The molecule has 0 bridgehead atoms. The highest BCUT2D eigenvalue weighted by Crippen LogP contribution is 2.41. The highest BCUT2D eigenvalue weighted by molar-refractivity contribution is 5.81. The first-order valence-corrected chi connectivity index (χ1v) is 5.42. The SMILES string of the molecule is CC(CC(=O)O)(C(=O)O)C1CCCCC1. The Kier molecular flexibility index (Phi) is 3.72. The Hall–Kier alpha value is -1.06. The van der Waals surface area contributed by atoms with Crippen LogP contribution in [0, 0.1) is 11.3 Å². The molecule has 0 radical (unpaired) electrons. The van der Waals surface area contributed by atoms with Crippen LogP contribution in [0.3, 0.4) is 0 Å². The van der Waals surface area contributed by atoms with Gasteiger partial charge in [-0.1, -0.05) is 19.3 Å². The second kappa shape index (κ2) is 4.64. The standard InChI is InChI=1S/C11H18O4/c1-11(10(14)15,7-9(12)13)8-5-3-2-4-6-8/h8H,2-7H2,1H3,(H,12,13)(H,14,15). The average molecular weight is 214 g/mol. The van der Waals surface area contributed by atoms with Gasteiger partial charge in [-0.05, 0) is 25.7 Å². The van der Waals surface area contributed by atoms with E-state index in [-0.39, 0.29) is 12.3 Å². The quantitative estimate of drug-likeness (QED) is 0.751. The zero-order valence-corrected chi connectivity index (χ0v) is 9.03. The zero-order chi connectivity index (χ0) is 11.5. The van der Waals surface area contributed by atoms with E-state index in [0.29, 0.717) is 0 Å². The number of carbonyl (C=O) groups is 2. The second-order valence-electron chi connectivity index (χ2n) is 4.63. The maximum atomic E-state index is 11.2. The van der Waals surface area contributed by atoms with Crippen molar-refractivity contribution >= 4 is 11.9 Å². The van der Waals surface area contributed by atoms with E-state index in [1.165, 1.54) is 0 Å². The molecule has 4 heteroatoms. The van der Waals surface area contributed by atoms with Gasteiger partial charge in [-0.2, -0.15) is 0 Å². The van der Waals surface area contributed by atoms with Gasteiger partial charge in [0, 0.05) is 0 Å². The highest BCUT2D eigenvalue weighted by atomic mass is 16.4. The van der Waals surface area contributed by atoms with Gasteiger partial charge < -0.3 is 10.2 Å². The fourth-order valence-electron chi connectivity index (χ4n) is 2.45. The van der Waals surface area contributed by atoms with Gasteiger partial charge in [0.15, 0.2) is 0 Å². The molecular formula is C11H18O4. The largest absolute Gasteiger partial charge is 0.481 e. The Labute approximate surface area is 89.3 Å². The first-order valence-electron chi connectivity index (χ1n) is 5.42. The molecule has 0 heterocycles. The van der Waals surface area contributed by atoms with E-state index in [0.717, 1.165) is 32.1 Å². The van der Waals surface area contributed by atoms with Crippen molar-refractivity contribution in [2.75, 3.05) is 0 Å². The second-order valence-corrected chi connectivity index (χ2v) is 4.63. The monoisotopic (exact) mass is 214 g/mol. The Bertz CT molecular complexity index is 255. The van der Waals surface area contributed by atoms with Gasteiger partial charge in [-0.15, -0.1) is 0 Å². The van der Waals surface area contributed by atoms with Crippen molar-refractivity contribution in [1.29, 1.82) is 0 Å². The summed E-state index contributed by atoms with van der Waals surface area (Å²) in [4.78, 5) is 21.9. The van der Waals surface area contributed by atoms with Crippen molar-refractivity contribution in [2.24, 2.45) is 11.3 Å². The molecule has 4 nitrogen and oxygen atoms in total. The molecule has 1 aliphatic carbocycles. The lowest BCUT2D eigenvalue weighted by molar-refractivity contribution is -0.159. The van der Waals surface area contributed by atoms with Crippen LogP contribution in [-0.2, 0) is 9.59 Å². The van der Waals surface area contributed by atoms with Crippen LogP contribution in [0.1, 0.15) is 45.4 Å². The first-order chi connectivity index (χ1) is 6.97. The van der Waals surface area contributed by atoms with E-state index in [2.05, 4.69) is 0 Å². The zero-order valence-electron chi connectivity index (χ0n) is 9.03. The molecule has 2 N–H and O–H groups in total. The molecule has 0 aromatic heterocycles. The Morgan fingerprint density at radius 1 is 1.20 bits per heavy atom. The molecule has 0 aromatic carbocycles. The van der Waals surface area contributed by atoms with E-state index in [1.54, 1.807) is 6.92 Å². The normalized spacial score (nSPS) is 21.9. The minimum atomic E-state index is -1.09. The van der Waals surface area contributed by atoms with Crippen LogP contribution in [0.2, 0.25) is 0 Å². The lowest BCUT2D eigenvalue weighted by atomic mass is 9.68.